The highest BCUT2D eigenvalue weighted by molar-refractivity contribution is 6.33. The molecule has 1 aromatic heterocycles. The van der Waals surface area contributed by atoms with E-state index in [1.54, 1.807) is 36.4 Å². The lowest BCUT2D eigenvalue weighted by Gasteiger charge is -2.06. The minimum Gasteiger partial charge on any atom is -0.466 e. The first-order chi connectivity index (χ1) is 8.25. The fraction of sp³-hybridized carbons (Fsp3) is 0.0833. The number of nitrogens with one attached hydrogen (secondary N) is 1. The predicted octanol–water partition coefficient (Wildman–Crippen LogP) is 3.68. The third-order valence-electron chi connectivity index (χ3n) is 2.04. The van der Waals surface area contributed by atoms with Gasteiger partial charge in [-0.15, -0.1) is 0 Å². The first kappa shape index (κ1) is 11.5. The molecule has 17 heavy (non-hydrogen) atoms. The normalized spacial score (nSPS) is 9.94. The van der Waals surface area contributed by atoms with Crippen LogP contribution in [0.1, 0.15) is 5.76 Å². The summed E-state index contributed by atoms with van der Waals surface area (Å²) in [5.41, 5.74) is 0.513. The van der Waals surface area contributed by atoms with E-state index < -0.39 is 6.09 Å². The van der Waals surface area contributed by atoms with E-state index in [4.69, 9.17) is 20.8 Å². The van der Waals surface area contributed by atoms with Crippen LogP contribution < -0.4 is 5.32 Å². The van der Waals surface area contributed by atoms with E-state index in [0.717, 1.165) is 0 Å². The van der Waals surface area contributed by atoms with Crippen molar-refractivity contribution >= 4 is 23.4 Å². The lowest BCUT2D eigenvalue weighted by Crippen LogP contribution is -2.13. The Morgan fingerprint density at radius 2 is 2.12 bits per heavy atom. The largest absolute Gasteiger partial charge is 0.466 e. The first-order valence-electron chi connectivity index (χ1n) is 4.96. The Morgan fingerprint density at radius 1 is 1.29 bits per heavy atom. The minimum absolute atomic E-state index is 0.0866. The highest BCUT2D eigenvalue weighted by atomic mass is 35.5. The van der Waals surface area contributed by atoms with Crippen LogP contribution in [0, 0.1) is 0 Å². The maximum Gasteiger partial charge on any atom is 0.412 e. The predicted molar refractivity (Wildman–Crippen MR) is 64.0 cm³/mol. The van der Waals surface area contributed by atoms with Crippen molar-refractivity contribution in [3.63, 3.8) is 0 Å². The van der Waals surface area contributed by atoms with Crippen LogP contribution >= 0.6 is 11.6 Å². The van der Waals surface area contributed by atoms with Gasteiger partial charge in [-0.1, -0.05) is 23.7 Å². The zero-order valence-corrected chi connectivity index (χ0v) is 9.61. The van der Waals surface area contributed by atoms with Crippen LogP contribution in [0.15, 0.2) is 47.1 Å². The molecule has 2 aromatic rings. The maximum atomic E-state index is 11.4. The minimum atomic E-state index is -0.575. The number of hydrogen-bond acceptors (Lipinski definition) is 3. The summed E-state index contributed by atoms with van der Waals surface area (Å²) in [6.45, 7) is 0.0866. The lowest BCUT2D eigenvalue weighted by atomic mass is 10.3. The molecule has 0 aliphatic rings. The second-order valence-corrected chi connectivity index (χ2v) is 3.67. The van der Waals surface area contributed by atoms with Crippen molar-refractivity contribution < 1.29 is 13.9 Å². The molecule has 0 saturated heterocycles. The van der Waals surface area contributed by atoms with Crippen molar-refractivity contribution in [3.05, 3.63) is 53.4 Å². The summed E-state index contributed by atoms with van der Waals surface area (Å²) in [4.78, 5) is 11.4. The van der Waals surface area contributed by atoms with Crippen LogP contribution in [0.5, 0.6) is 0 Å². The highest BCUT2D eigenvalue weighted by Gasteiger charge is 2.06. The van der Waals surface area contributed by atoms with Gasteiger partial charge in [-0.2, -0.15) is 0 Å². The van der Waals surface area contributed by atoms with E-state index in [1.165, 1.54) is 6.26 Å². The molecule has 4 nitrogen and oxygen atoms in total. The topological polar surface area (TPSA) is 51.5 Å². The average Bonchev–Trinajstić information content (AvgIpc) is 2.82. The fourth-order valence-electron chi connectivity index (χ4n) is 1.24. The van der Waals surface area contributed by atoms with Crippen molar-refractivity contribution in [1.29, 1.82) is 0 Å². The zero-order valence-electron chi connectivity index (χ0n) is 8.85. The van der Waals surface area contributed by atoms with Gasteiger partial charge < -0.3 is 9.15 Å². The van der Waals surface area contributed by atoms with Crippen LogP contribution in [-0.4, -0.2) is 6.09 Å². The Labute approximate surface area is 103 Å². The molecule has 0 bridgehead atoms. The number of para-hydroxylation sites is 1. The lowest BCUT2D eigenvalue weighted by molar-refractivity contribution is 0.146. The summed E-state index contributed by atoms with van der Waals surface area (Å²) < 4.78 is 9.97. The molecule has 0 aliphatic carbocycles. The Bertz CT molecular complexity index is 496. The molecule has 0 atom stereocenters. The molecule has 0 spiro atoms. The summed E-state index contributed by atoms with van der Waals surface area (Å²) in [5, 5.41) is 3.00. The molecule has 1 aromatic carbocycles. The summed E-state index contributed by atoms with van der Waals surface area (Å²) >= 11 is 5.88. The smallest absolute Gasteiger partial charge is 0.412 e. The molecule has 0 aliphatic heterocycles. The second kappa shape index (κ2) is 5.41. The summed E-state index contributed by atoms with van der Waals surface area (Å²) in [5.74, 6) is 0.583. The maximum absolute atomic E-state index is 11.4. The Kier molecular flexibility index (Phi) is 3.67. The number of halogens is 1. The standard InChI is InChI=1S/C12H10ClNO3/c13-10-5-1-2-6-11(10)14-12(15)17-8-9-4-3-7-16-9/h1-7H,8H2,(H,14,15). The van der Waals surface area contributed by atoms with E-state index >= 15 is 0 Å². The van der Waals surface area contributed by atoms with Crippen LogP contribution in [-0.2, 0) is 11.3 Å². The number of ether oxygens (including phenoxy) is 1. The molecule has 2 rings (SSSR count). The molecule has 0 fully saturated rings. The van der Waals surface area contributed by atoms with Crippen LogP contribution in [0.25, 0.3) is 0 Å². The molecule has 5 heteroatoms. The molecular weight excluding hydrogens is 242 g/mol. The summed E-state index contributed by atoms with van der Waals surface area (Å²) in [6, 6.07) is 10.4. The zero-order chi connectivity index (χ0) is 12.1. The first-order valence-corrected chi connectivity index (χ1v) is 5.34. The molecule has 1 amide bonds. The van der Waals surface area contributed by atoms with Gasteiger partial charge in [0.2, 0.25) is 0 Å². The van der Waals surface area contributed by atoms with Crippen molar-refractivity contribution in [1.82, 2.24) is 0 Å². The van der Waals surface area contributed by atoms with Gasteiger partial charge in [0.1, 0.15) is 5.76 Å². The number of amides is 1. The number of carbonyl (C=O) groups is 1. The van der Waals surface area contributed by atoms with E-state index in [9.17, 15) is 4.79 Å². The summed E-state index contributed by atoms with van der Waals surface area (Å²) in [7, 11) is 0. The van der Waals surface area contributed by atoms with Gasteiger partial charge in [0.05, 0.1) is 17.0 Å². The molecule has 0 unspecified atom stereocenters. The van der Waals surface area contributed by atoms with E-state index in [1.807, 2.05) is 0 Å². The molecule has 1 N–H and O–H groups in total. The van der Waals surface area contributed by atoms with Gasteiger partial charge in [-0.05, 0) is 24.3 Å². The molecule has 88 valence electrons. The fourth-order valence-corrected chi connectivity index (χ4v) is 1.42. The number of benzene rings is 1. The van der Waals surface area contributed by atoms with Crippen LogP contribution in [0.2, 0.25) is 5.02 Å². The van der Waals surface area contributed by atoms with Gasteiger partial charge in [-0.25, -0.2) is 4.79 Å². The Hall–Kier alpha value is -1.94. The van der Waals surface area contributed by atoms with Crippen molar-refractivity contribution in [2.45, 2.75) is 6.61 Å². The van der Waals surface area contributed by atoms with Crippen LogP contribution in [0.4, 0.5) is 10.5 Å². The average molecular weight is 252 g/mol. The Morgan fingerprint density at radius 3 is 2.82 bits per heavy atom. The van der Waals surface area contributed by atoms with Gasteiger partial charge in [0.15, 0.2) is 6.61 Å². The number of rotatable bonds is 3. The van der Waals surface area contributed by atoms with Crippen molar-refractivity contribution in [2.24, 2.45) is 0 Å². The van der Waals surface area contributed by atoms with Gasteiger partial charge >= 0.3 is 6.09 Å². The van der Waals surface area contributed by atoms with Crippen LogP contribution in [0.3, 0.4) is 0 Å². The van der Waals surface area contributed by atoms with Gasteiger partial charge in [-0.3, -0.25) is 5.32 Å². The molecule has 0 saturated carbocycles. The van der Waals surface area contributed by atoms with Crippen molar-refractivity contribution in [2.75, 3.05) is 5.32 Å². The number of hydrogen-bond donors (Lipinski definition) is 1. The number of anilines is 1. The number of furan rings is 1. The molecule has 0 radical (unpaired) electrons. The monoisotopic (exact) mass is 251 g/mol. The van der Waals surface area contributed by atoms with E-state index in [2.05, 4.69) is 5.32 Å². The summed E-state index contributed by atoms with van der Waals surface area (Å²) in [6.07, 6.45) is 0.944. The van der Waals surface area contributed by atoms with E-state index in [-0.39, 0.29) is 6.61 Å². The third kappa shape index (κ3) is 3.26. The SMILES string of the molecule is O=C(Nc1ccccc1Cl)OCc1ccco1. The third-order valence-corrected chi connectivity index (χ3v) is 2.37. The van der Waals surface area contributed by atoms with Crippen molar-refractivity contribution in [3.8, 4) is 0 Å². The second-order valence-electron chi connectivity index (χ2n) is 3.26. The van der Waals surface area contributed by atoms with Gasteiger partial charge in [0.25, 0.3) is 0 Å². The molecule has 1 heterocycles. The molecular formula is C12H10ClNO3. The quantitative estimate of drug-likeness (QED) is 0.905. The Balaban J connectivity index is 1.87. The van der Waals surface area contributed by atoms with E-state index in [0.29, 0.717) is 16.5 Å². The van der Waals surface area contributed by atoms with Gasteiger partial charge in [0, 0.05) is 0 Å². The number of carbonyl (C=O) groups excluding carboxylic acids is 1. The highest BCUT2D eigenvalue weighted by Crippen LogP contribution is 2.20.